The fraction of sp³-hybridized carbons (Fsp3) is 0.0800. The number of carbonyl (C=O) groups excluding carboxylic acids is 2. The number of benzene rings is 3. The van der Waals surface area contributed by atoms with E-state index in [-0.39, 0.29) is 24.0 Å². The van der Waals surface area contributed by atoms with Gasteiger partial charge in [-0.1, -0.05) is 54.6 Å². The molecule has 0 atom stereocenters. The van der Waals surface area contributed by atoms with Gasteiger partial charge in [0, 0.05) is 5.69 Å². The molecule has 4 rings (SSSR count). The Balaban J connectivity index is 1.42. The standard InChI is InChI=1S/C25H21N3O3/c1-17(19-9-5-11-21(15-19)26-25(30)23-13-6-14-31-23)27-28-24(29)16-20-10-4-8-18-7-2-3-12-22(18)20/h2-15H,16H2,1H3,(H,26,30)(H,28,29). The molecule has 0 saturated heterocycles. The molecule has 4 aromatic rings. The van der Waals surface area contributed by atoms with Crippen molar-refractivity contribution in [2.75, 3.05) is 5.32 Å². The monoisotopic (exact) mass is 411 g/mol. The number of anilines is 1. The zero-order valence-corrected chi connectivity index (χ0v) is 17.0. The van der Waals surface area contributed by atoms with Gasteiger partial charge in [-0.3, -0.25) is 9.59 Å². The van der Waals surface area contributed by atoms with E-state index in [1.165, 1.54) is 6.26 Å². The Bertz CT molecular complexity index is 1250. The van der Waals surface area contributed by atoms with Crippen molar-refractivity contribution < 1.29 is 14.0 Å². The molecule has 0 unspecified atom stereocenters. The minimum Gasteiger partial charge on any atom is -0.459 e. The molecule has 0 bridgehead atoms. The number of hydrogen-bond donors (Lipinski definition) is 2. The van der Waals surface area contributed by atoms with E-state index in [1.807, 2.05) is 54.6 Å². The first-order valence-electron chi connectivity index (χ1n) is 9.85. The van der Waals surface area contributed by atoms with Gasteiger partial charge >= 0.3 is 0 Å². The number of hydrogen-bond acceptors (Lipinski definition) is 4. The summed E-state index contributed by atoms with van der Waals surface area (Å²) in [6.07, 6.45) is 1.68. The molecule has 2 amide bonds. The summed E-state index contributed by atoms with van der Waals surface area (Å²) in [5.74, 6) is -0.297. The minimum absolute atomic E-state index is 0.196. The van der Waals surface area contributed by atoms with Gasteiger partial charge in [-0.25, -0.2) is 5.43 Å². The molecule has 6 nitrogen and oxygen atoms in total. The quantitative estimate of drug-likeness (QED) is 0.354. The van der Waals surface area contributed by atoms with E-state index in [1.54, 1.807) is 31.2 Å². The van der Waals surface area contributed by atoms with Crippen LogP contribution < -0.4 is 10.7 Å². The van der Waals surface area contributed by atoms with E-state index in [0.29, 0.717) is 11.4 Å². The Hall–Kier alpha value is -4.19. The molecule has 0 aliphatic heterocycles. The smallest absolute Gasteiger partial charge is 0.291 e. The van der Waals surface area contributed by atoms with Crippen LogP contribution in [0.15, 0.2) is 94.6 Å². The van der Waals surface area contributed by atoms with Crippen molar-refractivity contribution in [1.29, 1.82) is 0 Å². The van der Waals surface area contributed by atoms with Crippen molar-refractivity contribution in [2.24, 2.45) is 5.10 Å². The number of nitrogens with zero attached hydrogens (tertiary/aromatic N) is 1. The topological polar surface area (TPSA) is 83.7 Å². The van der Waals surface area contributed by atoms with Crippen molar-refractivity contribution >= 4 is 34.0 Å². The predicted octanol–water partition coefficient (Wildman–Crippen LogP) is 4.77. The summed E-state index contributed by atoms with van der Waals surface area (Å²) in [5.41, 5.74) is 5.59. The third kappa shape index (κ3) is 4.87. The number of rotatable bonds is 6. The summed E-state index contributed by atoms with van der Waals surface area (Å²) >= 11 is 0. The first kappa shape index (κ1) is 20.1. The van der Waals surface area contributed by atoms with Gasteiger partial charge in [0.2, 0.25) is 5.91 Å². The molecule has 0 aliphatic rings. The van der Waals surface area contributed by atoms with E-state index >= 15 is 0 Å². The summed E-state index contributed by atoms with van der Waals surface area (Å²) < 4.78 is 5.10. The van der Waals surface area contributed by atoms with Crippen LogP contribution in [-0.2, 0) is 11.2 Å². The largest absolute Gasteiger partial charge is 0.459 e. The summed E-state index contributed by atoms with van der Waals surface area (Å²) in [5, 5.41) is 9.16. The molecule has 1 heterocycles. The molecule has 0 aliphatic carbocycles. The Morgan fingerprint density at radius 2 is 1.74 bits per heavy atom. The number of amides is 2. The van der Waals surface area contributed by atoms with Crippen LogP contribution in [0.5, 0.6) is 0 Å². The van der Waals surface area contributed by atoms with Crippen LogP contribution in [0.2, 0.25) is 0 Å². The lowest BCUT2D eigenvalue weighted by Crippen LogP contribution is -2.21. The lowest BCUT2D eigenvalue weighted by molar-refractivity contribution is -0.120. The number of carbonyl (C=O) groups is 2. The summed E-state index contributed by atoms with van der Waals surface area (Å²) in [6, 6.07) is 24.4. The molecule has 154 valence electrons. The van der Waals surface area contributed by atoms with Crippen molar-refractivity contribution in [3.8, 4) is 0 Å². The van der Waals surface area contributed by atoms with Gasteiger partial charge in [-0.2, -0.15) is 5.10 Å². The van der Waals surface area contributed by atoms with E-state index in [4.69, 9.17) is 4.42 Å². The number of fused-ring (bicyclic) bond motifs is 1. The number of nitrogens with one attached hydrogen (secondary N) is 2. The third-order valence-electron chi connectivity index (χ3n) is 4.86. The molecular weight excluding hydrogens is 390 g/mol. The van der Waals surface area contributed by atoms with E-state index in [9.17, 15) is 9.59 Å². The molecule has 3 aromatic carbocycles. The van der Waals surface area contributed by atoms with Crippen molar-refractivity contribution in [2.45, 2.75) is 13.3 Å². The zero-order chi connectivity index (χ0) is 21.6. The maximum Gasteiger partial charge on any atom is 0.291 e. The van der Waals surface area contributed by atoms with Crippen LogP contribution in [0.1, 0.15) is 28.6 Å². The lowest BCUT2D eigenvalue weighted by atomic mass is 10.0. The van der Waals surface area contributed by atoms with Crippen LogP contribution in [0.25, 0.3) is 10.8 Å². The van der Waals surface area contributed by atoms with Gasteiger partial charge in [0.1, 0.15) is 0 Å². The first-order valence-corrected chi connectivity index (χ1v) is 9.85. The van der Waals surface area contributed by atoms with E-state index < -0.39 is 0 Å². The molecule has 1 aromatic heterocycles. The van der Waals surface area contributed by atoms with E-state index in [2.05, 4.69) is 15.8 Å². The normalized spacial score (nSPS) is 11.3. The summed E-state index contributed by atoms with van der Waals surface area (Å²) in [4.78, 5) is 24.6. The van der Waals surface area contributed by atoms with Crippen molar-refractivity contribution in [1.82, 2.24) is 5.43 Å². The van der Waals surface area contributed by atoms with Crippen LogP contribution in [0.4, 0.5) is 5.69 Å². The zero-order valence-electron chi connectivity index (χ0n) is 17.0. The second-order valence-electron chi connectivity index (χ2n) is 7.06. The number of hydrazone groups is 1. The fourth-order valence-corrected chi connectivity index (χ4v) is 3.29. The minimum atomic E-state index is -0.333. The Kier molecular flexibility index (Phi) is 5.89. The molecule has 2 N–H and O–H groups in total. The highest BCUT2D eigenvalue weighted by Gasteiger charge is 2.10. The van der Waals surface area contributed by atoms with Gasteiger partial charge in [-0.05, 0) is 53.1 Å². The predicted molar refractivity (Wildman–Crippen MR) is 121 cm³/mol. The van der Waals surface area contributed by atoms with Gasteiger partial charge in [0.25, 0.3) is 5.91 Å². The average molecular weight is 411 g/mol. The van der Waals surface area contributed by atoms with Crippen molar-refractivity contribution in [3.05, 3.63) is 102 Å². The molecule has 0 spiro atoms. The summed E-state index contributed by atoms with van der Waals surface area (Å²) in [7, 11) is 0. The molecule has 0 saturated carbocycles. The van der Waals surface area contributed by atoms with Gasteiger partial charge in [-0.15, -0.1) is 0 Å². The Morgan fingerprint density at radius 1 is 0.935 bits per heavy atom. The second-order valence-corrected chi connectivity index (χ2v) is 7.06. The lowest BCUT2D eigenvalue weighted by Gasteiger charge is -2.08. The second kappa shape index (κ2) is 9.09. The Morgan fingerprint density at radius 3 is 2.58 bits per heavy atom. The molecular formula is C25H21N3O3. The van der Waals surface area contributed by atoms with Crippen LogP contribution >= 0.6 is 0 Å². The highest BCUT2D eigenvalue weighted by Crippen LogP contribution is 2.19. The van der Waals surface area contributed by atoms with Gasteiger partial charge in [0.05, 0.1) is 18.4 Å². The van der Waals surface area contributed by atoms with Crippen LogP contribution in [0, 0.1) is 0 Å². The Labute approximate surface area is 179 Å². The van der Waals surface area contributed by atoms with E-state index in [0.717, 1.165) is 21.9 Å². The SMILES string of the molecule is CC(=NNC(=O)Cc1cccc2ccccc12)c1cccc(NC(=O)c2ccco2)c1. The fourth-order valence-electron chi connectivity index (χ4n) is 3.29. The first-order chi connectivity index (χ1) is 15.1. The van der Waals surface area contributed by atoms with Gasteiger partial charge < -0.3 is 9.73 Å². The maximum absolute atomic E-state index is 12.5. The summed E-state index contributed by atoms with van der Waals surface area (Å²) in [6.45, 7) is 1.80. The highest BCUT2D eigenvalue weighted by atomic mass is 16.3. The average Bonchev–Trinajstić information content (AvgIpc) is 3.33. The molecule has 0 radical (unpaired) electrons. The van der Waals surface area contributed by atoms with Crippen LogP contribution in [-0.4, -0.2) is 17.5 Å². The number of furan rings is 1. The third-order valence-corrected chi connectivity index (χ3v) is 4.86. The maximum atomic E-state index is 12.5. The van der Waals surface area contributed by atoms with Crippen molar-refractivity contribution in [3.63, 3.8) is 0 Å². The van der Waals surface area contributed by atoms with Gasteiger partial charge in [0.15, 0.2) is 5.76 Å². The molecule has 31 heavy (non-hydrogen) atoms. The molecule has 6 heteroatoms. The molecule has 0 fully saturated rings. The van der Waals surface area contributed by atoms with Crippen LogP contribution in [0.3, 0.4) is 0 Å². The highest BCUT2D eigenvalue weighted by molar-refractivity contribution is 6.04.